The smallest absolute Gasteiger partial charge is 0.229 e. The Kier molecular flexibility index (Phi) is 3.43. The van der Waals surface area contributed by atoms with Crippen LogP contribution in [0.25, 0.3) is 5.69 Å². The molecule has 0 fully saturated rings. The number of halogens is 2. The predicted molar refractivity (Wildman–Crippen MR) is 65.1 cm³/mol. The summed E-state index contributed by atoms with van der Waals surface area (Å²) >= 11 is 6.01. The van der Waals surface area contributed by atoms with Crippen LogP contribution in [0, 0.1) is 12.7 Å². The van der Waals surface area contributed by atoms with Gasteiger partial charge in [0.1, 0.15) is 11.6 Å². The average Bonchev–Trinajstić information content (AvgIpc) is 2.65. The van der Waals surface area contributed by atoms with Crippen LogP contribution in [-0.2, 0) is 6.42 Å². The Labute approximate surface area is 104 Å². The van der Waals surface area contributed by atoms with E-state index >= 15 is 0 Å². The standard InChI is InChI=1S/C12H13ClFN3/c1-3-5-11-15-16-12(13)17(11)10-7-4-6-9(14)8(10)2/h4,6-7H,3,5H2,1-2H3. The Morgan fingerprint density at radius 3 is 2.82 bits per heavy atom. The Bertz CT molecular complexity index is 537. The van der Waals surface area contributed by atoms with Crippen molar-refractivity contribution >= 4 is 11.6 Å². The maximum atomic E-state index is 13.5. The molecule has 0 bridgehead atoms. The van der Waals surface area contributed by atoms with Crippen LogP contribution in [0.4, 0.5) is 4.39 Å². The van der Waals surface area contributed by atoms with E-state index in [2.05, 4.69) is 10.2 Å². The summed E-state index contributed by atoms with van der Waals surface area (Å²) in [7, 11) is 0. The highest BCUT2D eigenvalue weighted by molar-refractivity contribution is 6.28. The minimum absolute atomic E-state index is 0.255. The molecule has 1 heterocycles. The number of hydrogen-bond acceptors (Lipinski definition) is 2. The van der Waals surface area contributed by atoms with Gasteiger partial charge in [0.15, 0.2) is 0 Å². The average molecular weight is 254 g/mol. The fourth-order valence-corrected chi connectivity index (χ4v) is 1.98. The number of hydrogen-bond donors (Lipinski definition) is 0. The van der Waals surface area contributed by atoms with Crippen LogP contribution < -0.4 is 0 Å². The lowest BCUT2D eigenvalue weighted by atomic mass is 10.2. The molecule has 1 aromatic carbocycles. The minimum Gasteiger partial charge on any atom is -0.269 e. The van der Waals surface area contributed by atoms with Gasteiger partial charge in [0.2, 0.25) is 5.28 Å². The van der Waals surface area contributed by atoms with Crippen LogP contribution in [-0.4, -0.2) is 14.8 Å². The summed E-state index contributed by atoms with van der Waals surface area (Å²) in [6, 6.07) is 4.90. The van der Waals surface area contributed by atoms with Crippen molar-refractivity contribution in [2.24, 2.45) is 0 Å². The van der Waals surface area contributed by atoms with Crippen molar-refractivity contribution in [3.63, 3.8) is 0 Å². The van der Waals surface area contributed by atoms with Gasteiger partial charge >= 0.3 is 0 Å². The van der Waals surface area contributed by atoms with Crippen LogP contribution in [0.5, 0.6) is 0 Å². The summed E-state index contributed by atoms with van der Waals surface area (Å²) in [5.74, 6) is 0.501. The quantitative estimate of drug-likeness (QED) is 0.840. The lowest BCUT2D eigenvalue weighted by molar-refractivity contribution is 0.616. The summed E-state index contributed by atoms with van der Waals surface area (Å²) in [5.41, 5.74) is 1.25. The molecule has 2 rings (SSSR count). The summed E-state index contributed by atoms with van der Waals surface area (Å²) in [5, 5.41) is 8.12. The monoisotopic (exact) mass is 253 g/mol. The molecule has 0 saturated heterocycles. The van der Waals surface area contributed by atoms with E-state index < -0.39 is 0 Å². The van der Waals surface area contributed by atoms with E-state index in [0.717, 1.165) is 18.7 Å². The van der Waals surface area contributed by atoms with Gasteiger partial charge < -0.3 is 0 Å². The molecular formula is C12H13ClFN3. The predicted octanol–water partition coefficient (Wildman–Crippen LogP) is 3.32. The number of aryl methyl sites for hydroxylation is 1. The maximum absolute atomic E-state index is 13.5. The number of rotatable bonds is 3. The maximum Gasteiger partial charge on any atom is 0.229 e. The topological polar surface area (TPSA) is 30.7 Å². The molecule has 0 N–H and O–H groups in total. The molecule has 0 aliphatic rings. The van der Waals surface area contributed by atoms with Gasteiger partial charge in [0.25, 0.3) is 0 Å². The van der Waals surface area contributed by atoms with Crippen LogP contribution in [0.1, 0.15) is 24.7 Å². The van der Waals surface area contributed by atoms with Gasteiger partial charge in [0.05, 0.1) is 5.69 Å². The first-order valence-corrected chi connectivity index (χ1v) is 5.88. The lowest BCUT2D eigenvalue weighted by Gasteiger charge is -2.10. The largest absolute Gasteiger partial charge is 0.269 e. The van der Waals surface area contributed by atoms with Crippen molar-refractivity contribution < 1.29 is 4.39 Å². The Hall–Kier alpha value is -1.42. The van der Waals surface area contributed by atoms with E-state index in [9.17, 15) is 4.39 Å². The van der Waals surface area contributed by atoms with Crippen LogP contribution in [0.15, 0.2) is 18.2 Å². The van der Waals surface area contributed by atoms with Crippen molar-refractivity contribution in [3.05, 3.63) is 40.7 Å². The van der Waals surface area contributed by atoms with Gasteiger partial charge in [0, 0.05) is 12.0 Å². The van der Waals surface area contributed by atoms with Gasteiger partial charge in [-0.2, -0.15) is 0 Å². The summed E-state index contributed by atoms with van der Waals surface area (Å²) in [4.78, 5) is 0. The van der Waals surface area contributed by atoms with E-state index in [4.69, 9.17) is 11.6 Å². The van der Waals surface area contributed by atoms with Crippen molar-refractivity contribution in [2.45, 2.75) is 26.7 Å². The minimum atomic E-state index is -0.255. The molecular weight excluding hydrogens is 241 g/mol. The molecule has 0 spiro atoms. The summed E-state index contributed by atoms with van der Waals surface area (Å²) in [6.45, 7) is 3.77. The first kappa shape index (κ1) is 12.0. The van der Waals surface area contributed by atoms with E-state index in [1.54, 1.807) is 17.6 Å². The molecule has 0 amide bonds. The van der Waals surface area contributed by atoms with Crippen molar-refractivity contribution in [3.8, 4) is 5.69 Å². The molecule has 5 heteroatoms. The molecule has 0 unspecified atom stereocenters. The van der Waals surface area contributed by atoms with Gasteiger partial charge in [-0.3, -0.25) is 4.57 Å². The second-order valence-corrected chi connectivity index (χ2v) is 4.19. The Balaban J connectivity index is 2.59. The van der Waals surface area contributed by atoms with Crippen LogP contribution in [0.2, 0.25) is 5.28 Å². The third kappa shape index (κ3) is 2.17. The van der Waals surface area contributed by atoms with E-state index in [1.807, 2.05) is 13.0 Å². The molecule has 0 aliphatic heterocycles. The summed E-state index contributed by atoms with van der Waals surface area (Å²) < 4.78 is 15.2. The zero-order chi connectivity index (χ0) is 12.4. The molecule has 0 aliphatic carbocycles. The van der Waals surface area contributed by atoms with E-state index in [0.29, 0.717) is 11.3 Å². The highest BCUT2D eigenvalue weighted by Crippen LogP contribution is 2.22. The van der Waals surface area contributed by atoms with Gasteiger partial charge in [-0.15, -0.1) is 10.2 Å². The zero-order valence-electron chi connectivity index (χ0n) is 9.74. The third-order valence-corrected chi connectivity index (χ3v) is 2.89. The lowest BCUT2D eigenvalue weighted by Crippen LogP contribution is -2.04. The number of aromatic nitrogens is 3. The molecule has 2 aromatic rings. The molecule has 0 atom stereocenters. The van der Waals surface area contributed by atoms with Crippen molar-refractivity contribution in [1.82, 2.24) is 14.8 Å². The Morgan fingerprint density at radius 1 is 1.35 bits per heavy atom. The van der Waals surface area contributed by atoms with Crippen molar-refractivity contribution in [2.75, 3.05) is 0 Å². The van der Waals surface area contributed by atoms with E-state index in [-0.39, 0.29) is 11.1 Å². The summed E-state index contributed by atoms with van der Waals surface area (Å²) in [6.07, 6.45) is 1.69. The molecule has 0 saturated carbocycles. The normalized spacial score (nSPS) is 10.8. The van der Waals surface area contributed by atoms with Crippen molar-refractivity contribution in [1.29, 1.82) is 0 Å². The van der Waals surface area contributed by atoms with Crippen LogP contribution >= 0.6 is 11.6 Å². The molecule has 3 nitrogen and oxygen atoms in total. The highest BCUT2D eigenvalue weighted by atomic mass is 35.5. The van der Waals surface area contributed by atoms with E-state index in [1.165, 1.54) is 6.07 Å². The highest BCUT2D eigenvalue weighted by Gasteiger charge is 2.14. The van der Waals surface area contributed by atoms with Gasteiger partial charge in [-0.05, 0) is 37.1 Å². The fraction of sp³-hybridized carbons (Fsp3) is 0.333. The van der Waals surface area contributed by atoms with Gasteiger partial charge in [-0.25, -0.2) is 4.39 Å². The molecule has 0 radical (unpaired) electrons. The third-order valence-electron chi connectivity index (χ3n) is 2.64. The number of nitrogens with zero attached hydrogens (tertiary/aromatic N) is 3. The second-order valence-electron chi connectivity index (χ2n) is 3.85. The Morgan fingerprint density at radius 2 is 2.12 bits per heavy atom. The second kappa shape index (κ2) is 4.84. The van der Waals surface area contributed by atoms with Crippen LogP contribution in [0.3, 0.4) is 0 Å². The van der Waals surface area contributed by atoms with Gasteiger partial charge in [-0.1, -0.05) is 13.0 Å². The zero-order valence-corrected chi connectivity index (χ0v) is 10.5. The number of benzene rings is 1. The fourth-order valence-electron chi connectivity index (χ4n) is 1.76. The molecule has 1 aromatic heterocycles. The molecule has 17 heavy (non-hydrogen) atoms. The first-order valence-electron chi connectivity index (χ1n) is 5.50. The molecule has 90 valence electrons. The first-order chi connectivity index (χ1) is 8.15. The SMILES string of the molecule is CCCc1nnc(Cl)n1-c1cccc(F)c1C.